The van der Waals surface area contributed by atoms with Gasteiger partial charge < -0.3 is 5.11 Å². The first-order valence-corrected chi connectivity index (χ1v) is 6.97. The molecule has 0 saturated carbocycles. The van der Waals surface area contributed by atoms with Gasteiger partial charge in [0.2, 0.25) is 0 Å². The van der Waals surface area contributed by atoms with Gasteiger partial charge in [-0.1, -0.05) is 6.07 Å². The molecule has 2 heterocycles. The van der Waals surface area contributed by atoms with Crippen molar-refractivity contribution in [1.29, 1.82) is 0 Å². The van der Waals surface area contributed by atoms with E-state index in [1.165, 1.54) is 16.2 Å². The van der Waals surface area contributed by atoms with Crippen LogP contribution >= 0.6 is 22.7 Å². The highest BCUT2D eigenvalue weighted by atomic mass is 32.1. The van der Waals surface area contributed by atoms with Gasteiger partial charge in [-0.05, 0) is 25.3 Å². The van der Waals surface area contributed by atoms with Gasteiger partial charge in [0.05, 0.1) is 10.7 Å². The van der Waals surface area contributed by atoms with E-state index >= 15 is 0 Å². The third-order valence-corrected chi connectivity index (χ3v) is 4.36. The summed E-state index contributed by atoms with van der Waals surface area (Å²) in [6, 6.07) is 4.07. The van der Waals surface area contributed by atoms with E-state index in [9.17, 15) is 4.79 Å². The molecule has 0 aliphatic carbocycles. The van der Waals surface area contributed by atoms with Crippen LogP contribution in [0.1, 0.15) is 29.4 Å². The number of aromatic nitrogens is 1. The maximum atomic E-state index is 11.1. The number of carboxylic acid groups (broad SMARTS) is 1. The summed E-state index contributed by atoms with van der Waals surface area (Å²) >= 11 is 3.22. The van der Waals surface area contributed by atoms with Crippen LogP contribution in [0, 0.1) is 0 Å². The van der Waals surface area contributed by atoms with Crippen molar-refractivity contribution in [2.24, 2.45) is 0 Å². The topological polar surface area (TPSA) is 50.2 Å². The fourth-order valence-corrected chi connectivity index (χ4v) is 3.14. The third-order valence-electron chi connectivity index (χ3n) is 2.63. The Balaban J connectivity index is 2.19. The van der Waals surface area contributed by atoms with Gasteiger partial charge >= 0.3 is 5.97 Å². The number of nitrogens with zero attached hydrogens (tertiary/aromatic N) is 1. The van der Waals surface area contributed by atoms with E-state index < -0.39 is 11.4 Å². The highest BCUT2D eigenvalue weighted by Crippen LogP contribution is 2.26. The number of rotatable bonds is 4. The van der Waals surface area contributed by atoms with Crippen molar-refractivity contribution in [3.8, 4) is 0 Å². The molecule has 2 rings (SSSR count). The van der Waals surface area contributed by atoms with Crippen molar-refractivity contribution in [2.45, 2.75) is 25.7 Å². The van der Waals surface area contributed by atoms with Crippen molar-refractivity contribution in [2.75, 3.05) is 0 Å². The molecule has 0 spiro atoms. The van der Waals surface area contributed by atoms with Crippen molar-refractivity contribution < 1.29 is 9.90 Å². The van der Waals surface area contributed by atoms with E-state index in [1.807, 2.05) is 16.8 Å². The van der Waals surface area contributed by atoms with Crippen LogP contribution < -0.4 is 0 Å². The highest BCUT2D eigenvalue weighted by Gasteiger charge is 2.32. The zero-order valence-electron chi connectivity index (χ0n) is 9.64. The molecular weight excluding hydrogens is 254 g/mol. The number of carbonyl (C=O) groups is 1. The van der Waals surface area contributed by atoms with E-state index in [4.69, 9.17) is 5.11 Å². The van der Waals surface area contributed by atoms with Crippen molar-refractivity contribution in [1.82, 2.24) is 4.98 Å². The summed E-state index contributed by atoms with van der Waals surface area (Å²) in [6.45, 7) is 3.36. The molecule has 0 aliphatic rings. The molecule has 2 aromatic rings. The molecule has 3 nitrogen and oxygen atoms in total. The molecule has 5 heteroatoms. The fraction of sp³-hybridized carbons (Fsp3) is 0.333. The van der Waals surface area contributed by atoms with E-state index in [2.05, 4.69) is 11.1 Å². The van der Waals surface area contributed by atoms with Gasteiger partial charge in [-0.3, -0.25) is 4.79 Å². The van der Waals surface area contributed by atoms with Gasteiger partial charge in [-0.25, -0.2) is 4.98 Å². The Kier molecular flexibility index (Phi) is 3.31. The zero-order valence-corrected chi connectivity index (χ0v) is 11.3. The lowest BCUT2D eigenvalue weighted by Crippen LogP contribution is -2.28. The van der Waals surface area contributed by atoms with Gasteiger partial charge in [0, 0.05) is 16.7 Å². The summed E-state index contributed by atoms with van der Waals surface area (Å²) < 4.78 is 0. The van der Waals surface area contributed by atoms with Crippen LogP contribution in [0.4, 0.5) is 0 Å². The smallest absolute Gasteiger partial charge is 0.315 e. The SMILES string of the molecule is CC(C)(C(=O)O)c1csc(Cc2cccs2)n1. The molecule has 0 aromatic carbocycles. The standard InChI is InChI=1S/C12H13NO2S2/c1-12(2,11(14)15)9-7-17-10(13-9)6-8-4-3-5-16-8/h3-5,7H,6H2,1-2H3,(H,14,15). The molecule has 2 aromatic heterocycles. The Hall–Kier alpha value is -1.20. The number of thiophene rings is 1. The largest absolute Gasteiger partial charge is 0.481 e. The molecule has 0 amide bonds. The summed E-state index contributed by atoms with van der Waals surface area (Å²) in [5, 5.41) is 14.0. The molecule has 0 atom stereocenters. The highest BCUT2D eigenvalue weighted by molar-refractivity contribution is 7.11. The minimum absolute atomic E-state index is 0.640. The second-order valence-corrected chi connectivity index (χ2v) is 6.29. The lowest BCUT2D eigenvalue weighted by Gasteiger charge is -2.15. The normalized spacial score (nSPS) is 11.6. The van der Waals surface area contributed by atoms with Gasteiger partial charge in [-0.2, -0.15) is 0 Å². The molecule has 0 bridgehead atoms. The average molecular weight is 267 g/mol. The number of aliphatic carboxylic acids is 1. The zero-order chi connectivity index (χ0) is 12.5. The quantitative estimate of drug-likeness (QED) is 0.925. The van der Waals surface area contributed by atoms with Crippen molar-refractivity contribution >= 4 is 28.6 Å². The minimum Gasteiger partial charge on any atom is -0.481 e. The third kappa shape index (κ3) is 2.56. The fourth-order valence-electron chi connectivity index (χ4n) is 1.35. The van der Waals surface area contributed by atoms with Gasteiger partial charge in [0.25, 0.3) is 0 Å². The Bertz CT molecular complexity index is 514. The number of hydrogen-bond donors (Lipinski definition) is 1. The first-order valence-electron chi connectivity index (χ1n) is 5.21. The average Bonchev–Trinajstić information content (AvgIpc) is 2.89. The molecule has 0 saturated heterocycles. The second-order valence-electron chi connectivity index (χ2n) is 4.31. The van der Waals surface area contributed by atoms with Gasteiger partial charge in [-0.15, -0.1) is 22.7 Å². The van der Waals surface area contributed by atoms with Gasteiger partial charge in [0.15, 0.2) is 0 Å². The molecule has 0 unspecified atom stereocenters. The van der Waals surface area contributed by atoms with Gasteiger partial charge in [0.1, 0.15) is 5.41 Å². The van der Waals surface area contributed by atoms with Crippen molar-refractivity contribution in [3.63, 3.8) is 0 Å². The van der Waals surface area contributed by atoms with E-state index in [0.29, 0.717) is 5.69 Å². The summed E-state index contributed by atoms with van der Waals surface area (Å²) in [6.07, 6.45) is 0.790. The molecule has 1 N–H and O–H groups in total. The Labute approximate surface area is 108 Å². The molecule has 17 heavy (non-hydrogen) atoms. The Morgan fingerprint density at radius 2 is 2.24 bits per heavy atom. The van der Waals surface area contributed by atoms with Crippen LogP contribution in [0.3, 0.4) is 0 Å². The molecule has 0 radical (unpaired) electrons. The van der Waals surface area contributed by atoms with E-state index in [-0.39, 0.29) is 0 Å². The first kappa shape index (κ1) is 12.3. The molecular formula is C12H13NO2S2. The molecule has 0 fully saturated rings. The predicted octanol–water partition coefficient (Wildman–Crippen LogP) is 3.16. The predicted molar refractivity (Wildman–Crippen MR) is 69.9 cm³/mol. The number of hydrogen-bond acceptors (Lipinski definition) is 4. The van der Waals surface area contributed by atoms with Crippen LogP contribution in [-0.4, -0.2) is 16.1 Å². The number of carboxylic acids is 1. The Morgan fingerprint density at radius 1 is 1.47 bits per heavy atom. The van der Waals surface area contributed by atoms with Crippen LogP contribution in [-0.2, 0) is 16.6 Å². The summed E-state index contributed by atoms with van der Waals surface area (Å²) in [7, 11) is 0. The van der Waals surface area contributed by atoms with Crippen LogP contribution in [0.5, 0.6) is 0 Å². The maximum Gasteiger partial charge on any atom is 0.315 e. The molecule has 0 aliphatic heterocycles. The van der Waals surface area contributed by atoms with Crippen LogP contribution in [0.2, 0.25) is 0 Å². The van der Waals surface area contributed by atoms with E-state index in [0.717, 1.165) is 11.4 Å². The summed E-state index contributed by atoms with van der Waals surface area (Å²) in [4.78, 5) is 16.8. The second kappa shape index (κ2) is 4.58. The maximum absolute atomic E-state index is 11.1. The van der Waals surface area contributed by atoms with Crippen LogP contribution in [0.25, 0.3) is 0 Å². The van der Waals surface area contributed by atoms with E-state index in [1.54, 1.807) is 25.2 Å². The summed E-state index contributed by atoms with van der Waals surface area (Å²) in [5.74, 6) is -0.842. The lowest BCUT2D eigenvalue weighted by molar-refractivity contribution is -0.142. The lowest BCUT2D eigenvalue weighted by atomic mass is 9.90. The van der Waals surface area contributed by atoms with Crippen molar-refractivity contribution in [3.05, 3.63) is 38.5 Å². The first-order chi connectivity index (χ1) is 8.00. The Morgan fingerprint density at radius 3 is 2.82 bits per heavy atom. The summed E-state index contributed by atoms with van der Waals surface area (Å²) in [5.41, 5.74) is -0.272. The molecule has 90 valence electrons. The monoisotopic (exact) mass is 267 g/mol. The van der Waals surface area contributed by atoms with Crippen LogP contribution in [0.15, 0.2) is 22.9 Å². The minimum atomic E-state index is -0.913. The number of thiazole rings is 1.